The largest absolute Gasteiger partial charge is 0.354 e. The van der Waals surface area contributed by atoms with Crippen LogP contribution >= 0.6 is 23.2 Å². The fourth-order valence-electron chi connectivity index (χ4n) is 3.27. The summed E-state index contributed by atoms with van der Waals surface area (Å²) in [5.74, 6) is -0.201. The molecule has 0 aliphatic heterocycles. The van der Waals surface area contributed by atoms with E-state index in [1.165, 1.54) is 5.56 Å². The van der Waals surface area contributed by atoms with Gasteiger partial charge >= 0.3 is 0 Å². The molecule has 0 radical (unpaired) electrons. The molecule has 0 bridgehead atoms. The zero-order valence-electron chi connectivity index (χ0n) is 17.9. The number of benzene rings is 2. The Morgan fingerprint density at radius 1 is 1.07 bits per heavy atom. The lowest BCUT2D eigenvalue weighted by Gasteiger charge is -2.31. The van der Waals surface area contributed by atoms with Gasteiger partial charge in [0.05, 0.1) is 0 Å². The van der Waals surface area contributed by atoms with Crippen LogP contribution in [-0.2, 0) is 22.6 Å². The van der Waals surface area contributed by atoms with E-state index in [1.807, 2.05) is 51.1 Å². The summed E-state index contributed by atoms with van der Waals surface area (Å²) in [4.78, 5) is 27.6. The van der Waals surface area contributed by atoms with Crippen LogP contribution in [-0.4, -0.2) is 29.3 Å². The fourth-order valence-corrected chi connectivity index (χ4v) is 3.74. The number of halogens is 2. The molecule has 0 spiro atoms. The van der Waals surface area contributed by atoms with Gasteiger partial charge in [0.25, 0.3) is 0 Å². The molecule has 6 heteroatoms. The van der Waals surface area contributed by atoms with E-state index in [1.54, 1.807) is 17.0 Å². The second-order valence-corrected chi connectivity index (χ2v) is 8.30. The van der Waals surface area contributed by atoms with Gasteiger partial charge in [-0.1, -0.05) is 72.9 Å². The first kappa shape index (κ1) is 24.2. The van der Waals surface area contributed by atoms with Crippen LogP contribution in [0.1, 0.15) is 49.8 Å². The average molecular weight is 449 g/mol. The Balaban J connectivity index is 2.22. The molecule has 0 saturated heterocycles. The number of amides is 2. The van der Waals surface area contributed by atoms with E-state index in [0.29, 0.717) is 35.9 Å². The molecule has 4 nitrogen and oxygen atoms in total. The molecule has 162 valence electrons. The molecule has 0 saturated carbocycles. The average Bonchev–Trinajstić information content (AvgIpc) is 2.73. The van der Waals surface area contributed by atoms with Crippen molar-refractivity contribution in [3.63, 3.8) is 0 Å². The summed E-state index contributed by atoms with van der Waals surface area (Å²) in [6.45, 7) is 6.80. The normalized spacial score (nSPS) is 11.8. The maximum Gasteiger partial charge on any atom is 0.242 e. The van der Waals surface area contributed by atoms with Crippen molar-refractivity contribution < 1.29 is 9.59 Å². The molecule has 2 amide bonds. The molecule has 1 atom stereocenters. The first-order valence-corrected chi connectivity index (χ1v) is 11.2. The Morgan fingerprint density at radius 2 is 1.77 bits per heavy atom. The third-order valence-electron chi connectivity index (χ3n) is 5.04. The van der Waals surface area contributed by atoms with Gasteiger partial charge in [0.15, 0.2) is 0 Å². The van der Waals surface area contributed by atoms with Crippen LogP contribution in [0.5, 0.6) is 0 Å². The molecule has 30 heavy (non-hydrogen) atoms. The molecule has 0 unspecified atom stereocenters. The molecule has 1 N–H and O–H groups in total. The minimum Gasteiger partial charge on any atom is -0.354 e. The van der Waals surface area contributed by atoms with E-state index in [9.17, 15) is 9.59 Å². The first-order valence-electron chi connectivity index (χ1n) is 10.4. The number of hydrogen-bond acceptors (Lipinski definition) is 2. The van der Waals surface area contributed by atoms with Gasteiger partial charge < -0.3 is 10.2 Å². The van der Waals surface area contributed by atoms with Crippen LogP contribution in [0, 0.1) is 6.92 Å². The van der Waals surface area contributed by atoms with Gasteiger partial charge in [0, 0.05) is 29.6 Å². The topological polar surface area (TPSA) is 49.4 Å². The molecule has 0 fully saturated rings. The number of rotatable bonds is 10. The number of nitrogens with zero attached hydrogens (tertiary/aromatic N) is 1. The molecule has 2 aromatic rings. The van der Waals surface area contributed by atoms with Crippen LogP contribution < -0.4 is 5.32 Å². The summed E-state index contributed by atoms with van der Waals surface area (Å²) in [6, 6.07) is 12.8. The monoisotopic (exact) mass is 448 g/mol. The first-order chi connectivity index (χ1) is 14.3. The summed E-state index contributed by atoms with van der Waals surface area (Å²) < 4.78 is 0. The van der Waals surface area contributed by atoms with E-state index < -0.39 is 6.04 Å². The van der Waals surface area contributed by atoms with Crippen molar-refractivity contribution in [3.05, 3.63) is 69.2 Å². The second-order valence-electron chi connectivity index (χ2n) is 7.46. The summed E-state index contributed by atoms with van der Waals surface area (Å²) in [7, 11) is 0. The van der Waals surface area contributed by atoms with Crippen molar-refractivity contribution in [3.8, 4) is 0 Å². The minimum absolute atomic E-state index is 0.0694. The van der Waals surface area contributed by atoms with Crippen LogP contribution in [0.4, 0.5) is 0 Å². The van der Waals surface area contributed by atoms with E-state index >= 15 is 0 Å². The van der Waals surface area contributed by atoms with Gasteiger partial charge in [0.2, 0.25) is 11.8 Å². The van der Waals surface area contributed by atoms with E-state index in [2.05, 4.69) is 5.32 Å². The van der Waals surface area contributed by atoms with Crippen LogP contribution in [0.2, 0.25) is 10.0 Å². The molecule has 0 aliphatic rings. The Kier molecular flexibility index (Phi) is 9.67. The summed E-state index contributed by atoms with van der Waals surface area (Å²) in [5, 5.41) is 3.95. The number of hydrogen-bond donors (Lipinski definition) is 1. The Hall–Kier alpha value is -2.04. The molecule has 0 aliphatic carbocycles. The van der Waals surface area contributed by atoms with Crippen LogP contribution in [0.15, 0.2) is 42.5 Å². The number of nitrogens with one attached hydrogen (secondary N) is 1. The predicted octanol–water partition coefficient (Wildman–Crippen LogP) is 5.57. The molecule has 0 aromatic heterocycles. The summed E-state index contributed by atoms with van der Waals surface area (Å²) >= 11 is 12.4. The van der Waals surface area contributed by atoms with Crippen molar-refractivity contribution in [1.82, 2.24) is 10.2 Å². The smallest absolute Gasteiger partial charge is 0.242 e. The minimum atomic E-state index is -0.547. The highest BCUT2D eigenvalue weighted by molar-refractivity contribution is 6.35. The second kappa shape index (κ2) is 12.0. The SMILES string of the molecule is CCCNC(=O)[C@@H](CC)N(Cc1ccc(Cl)cc1Cl)C(=O)CCc1ccc(C)cc1. The highest BCUT2D eigenvalue weighted by atomic mass is 35.5. The Morgan fingerprint density at radius 3 is 2.37 bits per heavy atom. The van der Waals surface area contributed by atoms with Gasteiger partial charge in [0.1, 0.15) is 6.04 Å². The van der Waals surface area contributed by atoms with Crippen molar-refractivity contribution in [1.29, 1.82) is 0 Å². The maximum absolute atomic E-state index is 13.2. The van der Waals surface area contributed by atoms with Gasteiger partial charge in [-0.3, -0.25) is 9.59 Å². The Labute approximate surface area is 189 Å². The third kappa shape index (κ3) is 7.03. The van der Waals surface area contributed by atoms with Gasteiger partial charge in [-0.05, 0) is 49.4 Å². The zero-order valence-corrected chi connectivity index (χ0v) is 19.4. The Bertz CT molecular complexity index is 853. The van der Waals surface area contributed by atoms with Gasteiger partial charge in [-0.2, -0.15) is 0 Å². The quantitative estimate of drug-likeness (QED) is 0.516. The zero-order chi connectivity index (χ0) is 22.1. The standard InChI is InChI=1S/C24H30Cl2N2O2/c1-4-14-27-24(30)22(5-2)28(16-19-11-12-20(25)15-21(19)26)23(29)13-10-18-8-6-17(3)7-9-18/h6-9,11-12,15,22H,4-5,10,13-14,16H2,1-3H3,(H,27,30)/t22-/m1/s1. The van der Waals surface area contributed by atoms with Gasteiger partial charge in [-0.15, -0.1) is 0 Å². The summed E-state index contributed by atoms with van der Waals surface area (Å²) in [6.07, 6.45) is 2.31. The predicted molar refractivity (Wildman–Crippen MR) is 124 cm³/mol. The number of carbonyl (C=O) groups excluding carboxylic acids is 2. The van der Waals surface area contributed by atoms with Crippen molar-refractivity contribution in [2.24, 2.45) is 0 Å². The lowest BCUT2D eigenvalue weighted by molar-refractivity contribution is -0.141. The maximum atomic E-state index is 13.2. The van der Waals surface area contributed by atoms with Crippen molar-refractivity contribution in [2.75, 3.05) is 6.54 Å². The molecular formula is C24H30Cl2N2O2. The highest BCUT2D eigenvalue weighted by Crippen LogP contribution is 2.24. The summed E-state index contributed by atoms with van der Waals surface area (Å²) in [5.41, 5.74) is 3.05. The van der Waals surface area contributed by atoms with Crippen molar-refractivity contribution in [2.45, 2.75) is 59.0 Å². The highest BCUT2D eigenvalue weighted by Gasteiger charge is 2.28. The molecular weight excluding hydrogens is 419 g/mol. The number of carbonyl (C=O) groups is 2. The van der Waals surface area contributed by atoms with E-state index in [4.69, 9.17) is 23.2 Å². The lowest BCUT2D eigenvalue weighted by Crippen LogP contribution is -2.49. The van der Waals surface area contributed by atoms with Crippen LogP contribution in [0.3, 0.4) is 0 Å². The van der Waals surface area contributed by atoms with Crippen LogP contribution in [0.25, 0.3) is 0 Å². The fraction of sp³-hybridized carbons (Fsp3) is 0.417. The van der Waals surface area contributed by atoms with E-state index in [-0.39, 0.29) is 18.4 Å². The molecule has 2 rings (SSSR count). The van der Waals surface area contributed by atoms with Gasteiger partial charge in [-0.25, -0.2) is 0 Å². The van der Waals surface area contributed by atoms with E-state index in [0.717, 1.165) is 17.5 Å². The lowest BCUT2D eigenvalue weighted by atomic mass is 10.0. The third-order valence-corrected chi connectivity index (χ3v) is 5.63. The molecule has 0 heterocycles. The molecule has 2 aromatic carbocycles. The van der Waals surface area contributed by atoms with Crippen molar-refractivity contribution >= 4 is 35.0 Å². The number of aryl methyl sites for hydroxylation is 2.